The van der Waals surface area contributed by atoms with Gasteiger partial charge < -0.3 is 0 Å². The summed E-state index contributed by atoms with van der Waals surface area (Å²) in [4.78, 5) is 29.2. The molecule has 0 fully saturated rings. The van der Waals surface area contributed by atoms with Gasteiger partial charge in [-0.3, -0.25) is 14.9 Å². The molecule has 0 unspecified atom stereocenters. The zero-order valence-electron chi connectivity index (χ0n) is 12.7. The lowest BCUT2D eigenvalue weighted by molar-refractivity contribution is 0.101. The number of anilines is 1. The number of carbonyl (C=O) groups excluding carboxylic acids is 2. The molecule has 1 N–H and O–H groups in total. The van der Waals surface area contributed by atoms with Gasteiger partial charge in [-0.1, -0.05) is 63.7 Å². The van der Waals surface area contributed by atoms with E-state index in [0.717, 1.165) is 10.0 Å². The first kappa shape index (κ1) is 16.5. The minimum Gasteiger partial charge on any atom is -0.298 e. The van der Waals surface area contributed by atoms with Gasteiger partial charge in [0.2, 0.25) is 0 Å². The summed E-state index contributed by atoms with van der Waals surface area (Å²) in [6.45, 7) is 1.50. The molecule has 0 saturated carbocycles. The van der Waals surface area contributed by atoms with E-state index in [4.69, 9.17) is 0 Å². The van der Waals surface area contributed by atoms with Crippen LogP contribution in [-0.2, 0) is 0 Å². The second-order valence-corrected chi connectivity index (χ2v) is 7.00. The van der Waals surface area contributed by atoms with Crippen LogP contribution in [0.25, 0.3) is 11.3 Å². The van der Waals surface area contributed by atoms with E-state index in [-0.39, 0.29) is 11.7 Å². The topological polar surface area (TPSA) is 59.1 Å². The lowest BCUT2D eigenvalue weighted by Gasteiger charge is -2.02. The van der Waals surface area contributed by atoms with Gasteiger partial charge in [0.05, 0.1) is 10.6 Å². The molecule has 0 spiro atoms. The Balaban J connectivity index is 1.92. The van der Waals surface area contributed by atoms with E-state index in [1.54, 1.807) is 18.2 Å². The number of hydrogen-bond donors (Lipinski definition) is 1. The van der Waals surface area contributed by atoms with Crippen LogP contribution in [-0.4, -0.2) is 16.7 Å². The third-order valence-corrected chi connectivity index (χ3v) is 4.87. The fourth-order valence-electron chi connectivity index (χ4n) is 2.20. The number of ketones is 1. The molecule has 24 heavy (non-hydrogen) atoms. The maximum atomic E-state index is 12.3. The molecule has 0 bridgehead atoms. The first-order valence-electron chi connectivity index (χ1n) is 7.18. The number of hydrogen-bond acceptors (Lipinski definition) is 4. The molecule has 3 aromatic rings. The summed E-state index contributed by atoms with van der Waals surface area (Å²) in [5, 5.41) is 3.17. The van der Waals surface area contributed by atoms with Crippen molar-refractivity contribution in [2.75, 3.05) is 5.32 Å². The Labute approximate surface area is 151 Å². The highest BCUT2D eigenvalue weighted by atomic mass is 79.9. The molecule has 0 aliphatic heterocycles. The van der Waals surface area contributed by atoms with Crippen LogP contribution in [0.5, 0.6) is 0 Å². The summed E-state index contributed by atoms with van der Waals surface area (Å²) in [5.74, 6) is -0.339. The Morgan fingerprint density at radius 1 is 1.08 bits per heavy atom. The molecule has 0 aliphatic carbocycles. The number of carbonyl (C=O) groups is 2. The van der Waals surface area contributed by atoms with E-state index in [9.17, 15) is 9.59 Å². The van der Waals surface area contributed by atoms with Crippen LogP contribution in [0.4, 0.5) is 5.13 Å². The molecular weight excluding hydrogens is 388 g/mol. The first-order chi connectivity index (χ1) is 11.5. The molecule has 1 amide bonds. The van der Waals surface area contributed by atoms with Crippen LogP contribution in [0.15, 0.2) is 59.1 Å². The van der Waals surface area contributed by atoms with Gasteiger partial charge in [-0.25, -0.2) is 4.98 Å². The number of nitrogens with zero attached hydrogens (tertiary/aromatic N) is 1. The van der Waals surface area contributed by atoms with Crippen molar-refractivity contribution in [2.24, 2.45) is 0 Å². The highest BCUT2D eigenvalue weighted by molar-refractivity contribution is 9.10. The molecule has 0 atom stereocenters. The van der Waals surface area contributed by atoms with Crippen molar-refractivity contribution in [3.8, 4) is 11.3 Å². The number of aromatic nitrogens is 1. The van der Waals surface area contributed by atoms with Crippen LogP contribution in [0.2, 0.25) is 0 Å². The van der Waals surface area contributed by atoms with Crippen molar-refractivity contribution >= 4 is 44.1 Å². The number of halogens is 1. The predicted molar refractivity (Wildman–Crippen MR) is 99.6 cm³/mol. The lowest BCUT2D eigenvalue weighted by atomic mass is 10.1. The SMILES string of the molecule is CC(=O)c1sc(NC(=O)c2cccc(Br)c2)nc1-c1ccccc1. The molecule has 4 nitrogen and oxygen atoms in total. The Morgan fingerprint density at radius 2 is 1.83 bits per heavy atom. The summed E-state index contributed by atoms with van der Waals surface area (Å²) in [6, 6.07) is 16.5. The van der Waals surface area contributed by atoms with Gasteiger partial charge >= 0.3 is 0 Å². The van der Waals surface area contributed by atoms with Crippen LogP contribution >= 0.6 is 27.3 Å². The van der Waals surface area contributed by atoms with Gasteiger partial charge in [-0.15, -0.1) is 0 Å². The number of rotatable bonds is 4. The fourth-order valence-corrected chi connectivity index (χ4v) is 3.48. The maximum absolute atomic E-state index is 12.3. The van der Waals surface area contributed by atoms with Crippen molar-refractivity contribution in [3.05, 3.63) is 69.5 Å². The van der Waals surface area contributed by atoms with E-state index in [1.165, 1.54) is 18.3 Å². The third-order valence-electron chi connectivity index (χ3n) is 3.30. The lowest BCUT2D eigenvalue weighted by Crippen LogP contribution is -2.11. The molecule has 0 aliphatic rings. The second kappa shape index (κ2) is 7.07. The number of thiazole rings is 1. The van der Waals surface area contributed by atoms with Crippen molar-refractivity contribution in [3.63, 3.8) is 0 Å². The van der Waals surface area contributed by atoms with E-state index in [0.29, 0.717) is 21.3 Å². The van der Waals surface area contributed by atoms with E-state index in [1.807, 2.05) is 36.4 Å². The highest BCUT2D eigenvalue weighted by Crippen LogP contribution is 2.31. The normalized spacial score (nSPS) is 10.4. The van der Waals surface area contributed by atoms with Crippen molar-refractivity contribution in [2.45, 2.75) is 6.92 Å². The van der Waals surface area contributed by atoms with Gasteiger partial charge in [0.1, 0.15) is 0 Å². The molecule has 6 heteroatoms. The molecule has 1 aromatic heterocycles. The average molecular weight is 401 g/mol. The van der Waals surface area contributed by atoms with Gasteiger partial charge in [-0.05, 0) is 18.2 Å². The largest absolute Gasteiger partial charge is 0.298 e. The Bertz CT molecular complexity index is 906. The minimum atomic E-state index is -0.264. The number of nitrogens with one attached hydrogen (secondary N) is 1. The summed E-state index contributed by atoms with van der Waals surface area (Å²) in [6.07, 6.45) is 0. The quantitative estimate of drug-likeness (QED) is 0.624. The molecule has 0 radical (unpaired) electrons. The van der Waals surface area contributed by atoms with Gasteiger partial charge in [-0.2, -0.15) is 0 Å². The zero-order valence-corrected chi connectivity index (χ0v) is 15.1. The highest BCUT2D eigenvalue weighted by Gasteiger charge is 2.18. The minimum absolute atomic E-state index is 0.0747. The standard InChI is InChI=1S/C18H13BrN2O2S/c1-11(22)16-15(12-6-3-2-4-7-12)20-18(24-16)21-17(23)13-8-5-9-14(19)10-13/h2-10H,1H3,(H,20,21,23). The zero-order chi connectivity index (χ0) is 17.1. The van der Waals surface area contributed by atoms with Gasteiger partial charge in [0, 0.05) is 22.5 Å². The van der Waals surface area contributed by atoms with Crippen molar-refractivity contribution in [1.82, 2.24) is 4.98 Å². The molecule has 3 rings (SSSR count). The Kier molecular flexibility index (Phi) is 4.87. The maximum Gasteiger partial charge on any atom is 0.257 e. The van der Waals surface area contributed by atoms with Gasteiger partial charge in [0.15, 0.2) is 10.9 Å². The third kappa shape index (κ3) is 3.60. The Hall–Kier alpha value is -2.31. The van der Waals surface area contributed by atoms with Crippen LogP contribution in [0, 0.1) is 0 Å². The monoisotopic (exact) mass is 400 g/mol. The molecule has 120 valence electrons. The Morgan fingerprint density at radius 3 is 2.50 bits per heavy atom. The van der Waals surface area contributed by atoms with Crippen molar-refractivity contribution < 1.29 is 9.59 Å². The average Bonchev–Trinajstić information content (AvgIpc) is 3.00. The summed E-state index contributed by atoms with van der Waals surface area (Å²) in [5.41, 5.74) is 1.96. The van der Waals surface area contributed by atoms with E-state index >= 15 is 0 Å². The van der Waals surface area contributed by atoms with E-state index in [2.05, 4.69) is 26.2 Å². The fraction of sp³-hybridized carbons (Fsp3) is 0.0556. The van der Waals surface area contributed by atoms with Crippen LogP contribution < -0.4 is 5.32 Å². The summed E-state index contributed by atoms with van der Waals surface area (Å²) in [7, 11) is 0. The van der Waals surface area contributed by atoms with E-state index < -0.39 is 0 Å². The number of benzene rings is 2. The second-order valence-electron chi connectivity index (χ2n) is 5.08. The molecule has 2 aromatic carbocycles. The first-order valence-corrected chi connectivity index (χ1v) is 8.79. The molecular formula is C18H13BrN2O2S. The summed E-state index contributed by atoms with van der Waals surface area (Å²) < 4.78 is 0.823. The smallest absolute Gasteiger partial charge is 0.257 e. The van der Waals surface area contributed by atoms with Crippen molar-refractivity contribution in [1.29, 1.82) is 0 Å². The summed E-state index contributed by atoms with van der Waals surface area (Å²) >= 11 is 4.53. The van der Waals surface area contributed by atoms with Crippen LogP contribution in [0.3, 0.4) is 0 Å². The van der Waals surface area contributed by atoms with Crippen LogP contribution in [0.1, 0.15) is 27.0 Å². The molecule has 0 saturated heterocycles. The number of amides is 1. The molecule has 1 heterocycles. The predicted octanol–water partition coefficient (Wildman–Crippen LogP) is 5.03. The number of Topliss-reactive ketones (excluding diaryl/α,β-unsaturated/α-hetero) is 1. The van der Waals surface area contributed by atoms with Gasteiger partial charge in [0.25, 0.3) is 5.91 Å².